The van der Waals surface area contributed by atoms with Gasteiger partial charge >= 0.3 is 5.76 Å². The summed E-state index contributed by atoms with van der Waals surface area (Å²) < 4.78 is 8.45. The molecule has 0 saturated heterocycles. The molecule has 7 nitrogen and oxygen atoms in total. The highest BCUT2D eigenvalue weighted by molar-refractivity contribution is 5.83. The lowest BCUT2D eigenvalue weighted by Gasteiger charge is -2.13. The minimum atomic E-state index is -0.731. The van der Waals surface area contributed by atoms with Crippen molar-refractivity contribution in [3.05, 3.63) is 107 Å². The Hall–Kier alpha value is -4.39. The average Bonchev–Trinajstić information content (AvgIpc) is 3.43. The van der Waals surface area contributed by atoms with Crippen molar-refractivity contribution in [2.24, 2.45) is 0 Å². The van der Waals surface area contributed by atoms with Gasteiger partial charge in [0.1, 0.15) is 6.04 Å². The summed E-state index contributed by atoms with van der Waals surface area (Å²) in [6, 6.07) is 26.0. The Morgan fingerprint density at radius 1 is 0.970 bits per heavy atom. The number of oxazole rings is 1. The van der Waals surface area contributed by atoms with Crippen molar-refractivity contribution in [3.8, 4) is 16.9 Å². The maximum absolute atomic E-state index is 13.0. The molecule has 0 spiro atoms. The standard InChI is InChI=1S/C26H22N4O3/c1-18(30-22-14-8-9-15-23(22)33-26(30)32)25(31)27-16-20-17-29(21-12-6-3-7-13-21)28-24(20)19-10-4-2-5-11-19/h2-15,17-18H,16H2,1H3,(H,27,31). The van der Waals surface area contributed by atoms with Crippen LogP contribution in [0.25, 0.3) is 28.0 Å². The molecule has 0 aliphatic carbocycles. The Bertz CT molecular complexity index is 1470. The molecule has 0 fully saturated rings. The van der Waals surface area contributed by atoms with Crippen molar-refractivity contribution in [1.29, 1.82) is 0 Å². The van der Waals surface area contributed by atoms with Gasteiger partial charge in [-0.05, 0) is 31.2 Å². The number of aromatic nitrogens is 3. The molecule has 33 heavy (non-hydrogen) atoms. The van der Waals surface area contributed by atoms with Crippen LogP contribution in [-0.4, -0.2) is 20.3 Å². The molecule has 0 aliphatic heterocycles. The van der Waals surface area contributed by atoms with E-state index in [-0.39, 0.29) is 12.5 Å². The number of para-hydroxylation sites is 3. The van der Waals surface area contributed by atoms with E-state index in [1.807, 2.05) is 72.9 Å². The van der Waals surface area contributed by atoms with Crippen LogP contribution in [0.3, 0.4) is 0 Å². The number of nitrogens with zero attached hydrogens (tertiary/aromatic N) is 3. The van der Waals surface area contributed by atoms with Gasteiger partial charge in [0.05, 0.1) is 16.9 Å². The van der Waals surface area contributed by atoms with E-state index in [1.54, 1.807) is 29.8 Å². The molecule has 5 rings (SSSR count). The van der Waals surface area contributed by atoms with E-state index < -0.39 is 11.8 Å². The van der Waals surface area contributed by atoms with Gasteiger partial charge in [-0.25, -0.2) is 9.48 Å². The van der Waals surface area contributed by atoms with Gasteiger partial charge in [-0.2, -0.15) is 5.10 Å². The summed E-state index contributed by atoms with van der Waals surface area (Å²) >= 11 is 0. The maximum atomic E-state index is 13.0. The number of rotatable bonds is 6. The quantitative estimate of drug-likeness (QED) is 0.428. The van der Waals surface area contributed by atoms with Gasteiger partial charge in [0.25, 0.3) is 0 Å². The van der Waals surface area contributed by atoms with Crippen molar-refractivity contribution < 1.29 is 9.21 Å². The smallest absolute Gasteiger partial charge is 0.408 e. The third-order valence-corrected chi connectivity index (χ3v) is 5.60. The summed E-state index contributed by atoms with van der Waals surface area (Å²) in [5.74, 6) is -0.837. The molecule has 0 saturated carbocycles. The monoisotopic (exact) mass is 438 g/mol. The number of hydrogen-bond acceptors (Lipinski definition) is 4. The SMILES string of the molecule is CC(C(=O)NCc1cn(-c2ccccc2)nc1-c1ccccc1)n1c(=O)oc2ccccc21. The zero-order chi connectivity index (χ0) is 22.8. The summed E-state index contributed by atoms with van der Waals surface area (Å²) in [5, 5.41) is 7.73. The molecule has 0 radical (unpaired) electrons. The fourth-order valence-electron chi connectivity index (χ4n) is 3.89. The molecule has 1 N–H and O–H groups in total. The second kappa shape index (κ2) is 8.63. The van der Waals surface area contributed by atoms with E-state index in [4.69, 9.17) is 9.52 Å². The van der Waals surface area contributed by atoms with Crippen molar-refractivity contribution in [2.45, 2.75) is 19.5 Å². The fourth-order valence-corrected chi connectivity index (χ4v) is 3.89. The van der Waals surface area contributed by atoms with Crippen molar-refractivity contribution in [2.75, 3.05) is 0 Å². The second-order valence-corrected chi connectivity index (χ2v) is 7.75. The van der Waals surface area contributed by atoms with E-state index >= 15 is 0 Å². The minimum Gasteiger partial charge on any atom is -0.408 e. The highest BCUT2D eigenvalue weighted by Crippen LogP contribution is 2.24. The van der Waals surface area contributed by atoms with Gasteiger partial charge in [-0.3, -0.25) is 9.36 Å². The molecular weight excluding hydrogens is 416 g/mol. The molecule has 0 bridgehead atoms. The van der Waals surface area contributed by atoms with Crippen molar-refractivity contribution >= 4 is 17.0 Å². The molecule has 3 aromatic carbocycles. The van der Waals surface area contributed by atoms with Crippen LogP contribution in [0.5, 0.6) is 0 Å². The molecule has 2 aromatic heterocycles. The normalized spacial score (nSPS) is 12.0. The van der Waals surface area contributed by atoms with E-state index in [1.165, 1.54) is 4.57 Å². The summed E-state index contributed by atoms with van der Waals surface area (Å²) in [6.45, 7) is 1.95. The molecule has 1 amide bonds. The topological polar surface area (TPSA) is 82.1 Å². The van der Waals surface area contributed by atoms with Crippen LogP contribution >= 0.6 is 0 Å². The lowest BCUT2D eigenvalue weighted by atomic mass is 10.1. The van der Waals surface area contributed by atoms with Gasteiger partial charge in [0.15, 0.2) is 5.58 Å². The number of benzene rings is 3. The Balaban J connectivity index is 1.43. The van der Waals surface area contributed by atoms with Crippen LogP contribution in [0.1, 0.15) is 18.5 Å². The first-order valence-electron chi connectivity index (χ1n) is 10.7. The Labute approximate surface area is 189 Å². The molecule has 1 atom stereocenters. The zero-order valence-corrected chi connectivity index (χ0v) is 18.0. The molecule has 164 valence electrons. The van der Waals surface area contributed by atoms with Crippen LogP contribution in [0.15, 0.2) is 100 Å². The molecular formula is C26H22N4O3. The number of hydrogen-bond donors (Lipinski definition) is 1. The van der Waals surface area contributed by atoms with E-state index in [2.05, 4.69) is 5.32 Å². The van der Waals surface area contributed by atoms with Crippen LogP contribution < -0.4 is 11.1 Å². The highest BCUT2D eigenvalue weighted by atomic mass is 16.4. The van der Waals surface area contributed by atoms with E-state index in [9.17, 15) is 9.59 Å². The summed E-state index contributed by atoms with van der Waals surface area (Å²) in [4.78, 5) is 25.4. The molecule has 2 heterocycles. The first kappa shape index (κ1) is 20.5. The first-order valence-corrected chi connectivity index (χ1v) is 10.7. The first-order chi connectivity index (χ1) is 16.1. The average molecular weight is 438 g/mol. The summed E-state index contributed by atoms with van der Waals surface area (Å²) in [7, 11) is 0. The third kappa shape index (κ3) is 3.96. The van der Waals surface area contributed by atoms with Gasteiger partial charge in [-0.1, -0.05) is 60.7 Å². The van der Waals surface area contributed by atoms with Gasteiger partial charge < -0.3 is 9.73 Å². The number of nitrogens with one attached hydrogen (secondary N) is 1. The zero-order valence-electron chi connectivity index (χ0n) is 18.0. The van der Waals surface area contributed by atoms with Crippen molar-refractivity contribution in [1.82, 2.24) is 19.7 Å². The Morgan fingerprint density at radius 2 is 1.64 bits per heavy atom. The third-order valence-electron chi connectivity index (χ3n) is 5.60. The van der Waals surface area contributed by atoms with Gasteiger partial charge in [0, 0.05) is 23.9 Å². The van der Waals surface area contributed by atoms with Crippen molar-refractivity contribution in [3.63, 3.8) is 0 Å². The fraction of sp³-hybridized carbons (Fsp3) is 0.115. The molecule has 1 unspecified atom stereocenters. The molecule has 7 heteroatoms. The predicted molar refractivity (Wildman–Crippen MR) is 126 cm³/mol. The largest absolute Gasteiger partial charge is 0.420 e. The number of fused-ring (bicyclic) bond motifs is 1. The number of amides is 1. The van der Waals surface area contributed by atoms with Crippen LogP contribution in [-0.2, 0) is 11.3 Å². The Morgan fingerprint density at radius 3 is 2.39 bits per heavy atom. The highest BCUT2D eigenvalue weighted by Gasteiger charge is 2.22. The van der Waals surface area contributed by atoms with Gasteiger partial charge in [0.2, 0.25) is 5.91 Å². The minimum absolute atomic E-state index is 0.269. The Kier molecular flexibility index (Phi) is 5.36. The van der Waals surface area contributed by atoms with Crippen LogP contribution in [0.2, 0.25) is 0 Å². The molecule has 0 aliphatic rings. The molecule has 5 aromatic rings. The predicted octanol–water partition coefficient (Wildman–Crippen LogP) is 4.32. The van der Waals surface area contributed by atoms with E-state index in [0.717, 1.165) is 22.5 Å². The number of carbonyl (C=O) groups excluding carboxylic acids is 1. The number of carbonyl (C=O) groups is 1. The second-order valence-electron chi connectivity index (χ2n) is 7.75. The van der Waals surface area contributed by atoms with Crippen LogP contribution in [0, 0.1) is 0 Å². The summed E-state index contributed by atoms with van der Waals surface area (Å²) in [5.41, 5.74) is 4.59. The lowest BCUT2D eigenvalue weighted by Crippen LogP contribution is -2.34. The van der Waals surface area contributed by atoms with Crippen LogP contribution in [0.4, 0.5) is 0 Å². The van der Waals surface area contributed by atoms with Gasteiger partial charge in [-0.15, -0.1) is 0 Å². The lowest BCUT2D eigenvalue weighted by molar-refractivity contribution is -0.124. The van der Waals surface area contributed by atoms with E-state index in [0.29, 0.717) is 11.1 Å². The summed E-state index contributed by atoms with van der Waals surface area (Å²) in [6.07, 6.45) is 1.92. The maximum Gasteiger partial charge on any atom is 0.420 e.